The zero-order chi connectivity index (χ0) is 20.6. The number of carbonyl (C=O) groups is 2. The molecule has 0 radical (unpaired) electrons. The molecule has 0 N–H and O–H groups in total. The second kappa shape index (κ2) is 10.1. The molecule has 0 saturated heterocycles. The predicted octanol–water partition coefficient (Wildman–Crippen LogP) is 2.93. The van der Waals surface area contributed by atoms with E-state index in [9.17, 15) is 9.59 Å². The molecule has 0 unspecified atom stereocenters. The van der Waals surface area contributed by atoms with Crippen molar-refractivity contribution in [1.82, 2.24) is 14.7 Å². The number of aromatic nitrogens is 2. The molecule has 0 aromatic carbocycles. The minimum atomic E-state index is -0.565. The van der Waals surface area contributed by atoms with Crippen LogP contribution in [-0.2, 0) is 27.3 Å². The molecule has 27 heavy (non-hydrogen) atoms. The largest absolute Gasteiger partial charge is 0.459 e. The minimum absolute atomic E-state index is 0.0245. The molecule has 1 aromatic rings. The van der Waals surface area contributed by atoms with Gasteiger partial charge in [-0.15, -0.1) is 0 Å². The standard InChI is InChI=1S/C20H32N4O3/c1-7-12-23(14-19(26)27-20(4,5)6)18(25)10-9-17-15(2)22-24(16(17)3)13-8-11-21/h7-10,12-14H2,1-6H3. The summed E-state index contributed by atoms with van der Waals surface area (Å²) in [6, 6.07) is 2.12. The Bertz CT molecular complexity index is 695. The van der Waals surface area contributed by atoms with Crippen LogP contribution in [0, 0.1) is 25.2 Å². The van der Waals surface area contributed by atoms with Gasteiger partial charge >= 0.3 is 5.97 Å². The number of nitriles is 1. The van der Waals surface area contributed by atoms with Gasteiger partial charge in [-0.25, -0.2) is 0 Å². The fraction of sp³-hybridized carbons (Fsp3) is 0.700. The first kappa shape index (κ1) is 22.7. The zero-order valence-corrected chi connectivity index (χ0v) is 17.5. The Balaban J connectivity index is 2.73. The summed E-state index contributed by atoms with van der Waals surface area (Å²) in [4.78, 5) is 26.3. The smallest absolute Gasteiger partial charge is 0.326 e. The number of esters is 1. The second-order valence-electron chi connectivity index (χ2n) is 7.68. The van der Waals surface area contributed by atoms with Crippen molar-refractivity contribution in [2.24, 2.45) is 0 Å². The number of aryl methyl sites for hydroxylation is 2. The van der Waals surface area contributed by atoms with Crippen molar-refractivity contribution in [2.75, 3.05) is 13.1 Å². The Morgan fingerprint density at radius 3 is 2.52 bits per heavy atom. The molecule has 1 heterocycles. The van der Waals surface area contributed by atoms with Gasteiger partial charge in [-0.2, -0.15) is 10.4 Å². The molecule has 0 aliphatic heterocycles. The molecular formula is C20H32N4O3. The van der Waals surface area contributed by atoms with Gasteiger partial charge in [0.1, 0.15) is 12.1 Å². The molecule has 7 heteroatoms. The third-order valence-electron chi connectivity index (χ3n) is 4.14. The molecule has 0 spiro atoms. The first-order valence-corrected chi connectivity index (χ1v) is 9.48. The molecule has 0 fully saturated rings. The van der Waals surface area contributed by atoms with Crippen molar-refractivity contribution in [2.45, 2.75) is 79.4 Å². The Morgan fingerprint density at radius 1 is 1.30 bits per heavy atom. The first-order valence-electron chi connectivity index (χ1n) is 9.48. The monoisotopic (exact) mass is 376 g/mol. The SMILES string of the molecule is CCCN(CC(=O)OC(C)(C)C)C(=O)CCc1c(C)nn(CCC#N)c1C. The lowest BCUT2D eigenvalue weighted by molar-refractivity contribution is -0.158. The van der Waals surface area contributed by atoms with Crippen molar-refractivity contribution >= 4 is 11.9 Å². The van der Waals surface area contributed by atoms with Crippen LogP contribution in [0.1, 0.15) is 63.9 Å². The molecule has 1 amide bonds. The quantitative estimate of drug-likeness (QED) is 0.618. The van der Waals surface area contributed by atoms with Crippen LogP contribution in [0.5, 0.6) is 0 Å². The van der Waals surface area contributed by atoms with Gasteiger partial charge in [0.05, 0.1) is 24.7 Å². The van der Waals surface area contributed by atoms with Crippen LogP contribution in [0.15, 0.2) is 0 Å². The summed E-state index contributed by atoms with van der Waals surface area (Å²) in [5, 5.41) is 13.2. The fourth-order valence-electron chi connectivity index (χ4n) is 2.95. The van der Waals surface area contributed by atoms with Gasteiger partial charge in [0.2, 0.25) is 5.91 Å². The number of nitrogens with zero attached hydrogens (tertiary/aromatic N) is 4. The van der Waals surface area contributed by atoms with E-state index in [-0.39, 0.29) is 18.4 Å². The lowest BCUT2D eigenvalue weighted by atomic mass is 10.1. The molecule has 0 aliphatic rings. The Hall–Kier alpha value is -2.36. The molecular weight excluding hydrogens is 344 g/mol. The van der Waals surface area contributed by atoms with Gasteiger partial charge in [0.25, 0.3) is 0 Å². The lowest BCUT2D eigenvalue weighted by Gasteiger charge is -2.25. The number of carbonyl (C=O) groups excluding carboxylic acids is 2. The number of amides is 1. The second-order valence-corrected chi connectivity index (χ2v) is 7.68. The van der Waals surface area contributed by atoms with Gasteiger partial charge in [0.15, 0.2) is 0 Å². The molecule has 1 aromatic heterocycles. The number of hydrogen-bond donors (Lipinski definition) is 0. The first-order chi connectivity index (χ1) is 12.6. The van der Waals surface area contributed by atoms with Crippen LogP contribution in [0.3, 0.4) is 0 Å². The molecule has 7 nitrogen and oxygen atoms in total. The normalized spacial score (nSPS) is 11.1. The summed E-state index contributed by atoms with van der Waals surface area (Å²) in [6.45, 7) is 12.3. The highest BCUT2D eigenvalue weighted by Crippen LogP contribution is 2.16. The highest BCUT2D eigenvalue weighted by molar-refractivity contribution is 5.82. The fourth-order valence-corrected chi connectivity index (χ4v) is 2.95. The molecule has 0 atom stereocenters. The topological polar surface area (TPSA) is 88.2 Å². The summed E-state index contributed by atoms with van der Waals surface area (Å²) in [5.74, 6) is -0.452. The van der Waals surface area contributed by atoms with Gasteiger partial charge in [-0.05, 0) is 53.0 Å². The average molecular weight is 377 g/mol. The van der Waals surface area contributed by atoms with Crippen molar-refractivity contribution in [3.8, 4) is 6.07 Å². The van der Waals surface area contributed by atoms with Crippen molar-refractivity contribution in [3.63, 3.8) is 0 Å². The van der Waals surface area contributed by atoms with E-state index in [1.54, 1.807) is 4.90 Å². The molecule has 150 valence electrons. The minimum Gasteiger partial charge on any atom is -0.459 e. The highest BCUT2D eigenvalue weighted by Gasteiger charge is 2.22. The third-order valence-corrected chi connectivity index (χ3v) is 4.14. The predicted molar refractivity (Wildman–Crippen MR) is 103 cm³/mol. The van der Waals surface area contributed by atoms with E-state index in [2.05, 4.69) is 11.2 Å². The number of rotatable bonds is 9. The maximum absolute atomic E-state index is 12.7. The molecule has 0 aliphatic carbocycles. The third kappa shape index (κ3) is 7.41. The number of hydrogen-bond acceptors (Lipinski definition) is 5. The van der Waals surface area contributed by atoms with E-state index in [4.69, 9.17) is 10.00 Å². The molecule has 1 rings (SSSR count). The van der Waals surface area contributed by atoms with E-state index in [0.717, 1.165) is 23.4 Å². The maximum Gasteiger partial charge on any atom is 0.326 e. The van der Waals surface area contributed by atoms with Crippen LogP contribution in [0.25, 0.3) is 0 Å². The van der Waals surface area contributed by atoms with Crippen molar-refractivity contribution in [3.05, 3.63) is 17.0 Å². The molecule has 0 saturated carbocycles. The Kier molecular flexibility index (Phi) is 8.48. The van der Waals surface area contributed by atoms with Crippen LogP contribution in [0.2, 0.25) is 0 Å². The van der Waals surface area contributed by atoms with Gasteiger partial charge in [-0.1, -0.05) is 6.92 Å². The maximum atomic E-state index is 12.7. The summed E-state index contributed by atoms with van der Waals surface area (Å²) in [7, 11) is 0. The summed E-state index contributed by atoms with van der Waals surface area (Å²) in [6.07, 6.45) is 2.06. The lowest BCUT2D eigenvalue weighted by Crippen LogP contribution is -2.39. The van der Waals surface area contributed by atoms with E-state index in [0.29, 0.717) is 32.4 Å². The van der Waals surface area contributed by atoms with E-state index >= 15 is 0 Å². The van der Waals surface area contributed by atoms with Crippen LogP contribution in [0.4, 0.5) is 0 Å². The van der Waals surface area contributed by atoms with Gasteiger partial charge in [0, 0.05) is 18.7 Å². The van der Waals surface area contributed by atoms with E-state index in [1.807, 2.05) is 46.2 Å². The van der Waals surface area contributed by atoms with Gasteiger partial charge < -0.3 is 9.64 Å². The van der Waals surface area contributed by atoms with Crippen molar-refractivity contribution < 1.29 is 14.3 Å². The summed E-state index contributed by atoms with van der Waals surface area (Å²) < 4.78 is 7.16. The van der Waals surface area contributed by atoms with Crippen LogP contribution in [-0.4, -0.2) is 45.2 Å². The summed E-state index contributed by atoms with van der Waals surface area (Å²) >= 11 is 0. The highest BCUT2D eigenvalue weighted by atomic mass is 16.6. The summed E-state index contributed by atoms with van der Waals surface area (Å²) in [5.41, 5.74) is 2.34. The van der Waals surface area contributed by atoms with Crippen molar-refractivity contribution in [1.29, 1.82) is 5.26 Å². The van der Waals surface area contributed by atoms with Crippen LogP contribution < -0.4 is 0 Å². The van der Waals surface area contributed by atoms with Crippen LogP contribution >= 0.6 is 0 Å². The number of ether oxygens (including phenoxy) is 1. The Morgan fingerprint density at radius 2 is 1.96 bits per heavy atom. The Labute approximate surface area is 162 Å². The molecule has 0 bridgehead atoms. The average Bonchev–Trinajstić information content (AvgIpc) is 2.82. The van der Waals surface area contributed by atoms with Gasteiger partial charge in [-0.3, -0.25) is 14.3 Å². The zero-order valence-electron chi connectivity index (χ0n) is 17.5. The van der Waals surface area contributed by atoms with E-state index in [1.165, 1.54) is 0 Å². The van der Waals surface area contributed by atoms with E-state index < -0.39 is 5.60 Å².